The minimum atomic E-state index is -2.12. The topological polar surface area (TPSA) is 54.4 Å². The molecule has 56 valence electrons. The van der Waals surface area contributed by atoms with Crippen molar-refractivity contribution in [2.24, 2.45) is 0 Å². The first kappa shape index (κ1) is 9.33. The Morgan fingerprint density at radius 1 is 1.70 bits per heavy atom. The number of aliphatic hydroxyl groups is 1. The zero-order valence-electron chi connectivity index (χ0n) is 5.43. The lowest BCUT2D eigenvalue weighted by molar-refractivity contribution is -0.140. The summed E-state index contributed by atoms with van der Waals surface area (Å²) in [4.78, 5) is 20.9. The van der Waals surface area contributed by atoms with Gasteiger partial charge in [0.15, 0.2) is 11.4 Å². The summed E-state index contributed by atoms with van der Waals surface area (Å²) in [6.07, 6.45) is 0.848. The Bertz CT molecular complexity index is 183. The average molecular weight is 163 g/mol. The molecular weight excluding hydrogens is 156 g/mol. The van der Waals surface area contributed by atoms with Gasteiger partial charge in [-0.25, -0.2) is 0 Å². The smallest absolute Gasteiger partial charge is 0.261 e. The number of hydrogen-bond acceptors (Lipinski definition) is 3. The van der Waals surface area contributed by atoms with Crippen LogP contribution in [0.25, 0.3) is 0 Å². The largest absolute Gasteiger partial charge is 0.373 e. The van der Waals surface area contributed by atoms with Crippen LogP contribution in [0.3, 0.4) is 0 Å². The Hall–Kier alpha value is -0.670. The van der Waals surface area contributed by atoms with E-state index in [2.05, 4.69) is 6.58 Å². The lowest BCUT2D eigenvalue weighted by atomic mass is 10.0. The Balaban J connectivity index is 4.55. The molecule has 0 aliphatic carbocycles. The van der Waals surface area contributed by atoms with Gasteiger partial charge in [0.25, 0.3) is 5.24 Å². The van der Waals surface area contributed by atoms with E-state index in [0.717, 1.165) is 13.0 Å². The second-order valence-electron chi connectivity index (χ2n) is 1.91. The average Bonchev–Trinajstić information content (AvgIpc) is 1.86. The molecule has 10 heavy (non-hydrogen) atoms. The number of halogens is 1. The van der Waals surface area contributed by atoms with Crippen LogP contribution in [-0.4, -0.2) is 21.7 Å². The van der Waals surface area contributed by atoms with E-state index in [1.807, 2.05) is 0 Å². The van der Waals surface area contributed by atoms with Gasteiger partial charge in [0.1, 0.15) is 0 Å². The highest BCUT2D eigenvalue weighted by Gasteiger charge is 2.34. The van der Waals surface area contributed by atoms with Crippen molar-refractivity contribution in [3.8, 4) is 0 Å². The van der Waals surface area contributed by atoms with Gasteiger partial charge >= 0.3 is 0 Å². The van der Waals surface area contributed by atoms with Crippen molar-refractivity contribution >= 4 is 22.6 Å². The van der Waals surface area contributed by atoms with Crippen LogP contribution in [0.15, 0.2) is 12.7 Å². The van der Waals surface area contributed by atoms with Gasteiger partial charge in [0.2, 0.25) is 0 Å². The number of ketones is 1. The van der Waals surface area contributed by atoms with Gasteiger partial charge in [-0.3, -0.25) is 9.59 Å². The van der Waals surface area contributed by atoms with Crippen LogP contribution < -0.4 is 0 Å². The molecule has 0 aromatic carbocycles. The fourth-order valence-corrected chi connectivity index (χ4v) is 0.389. The van der Waals surface area contributed by atoms with Crippen molar-refractivity contribution < 1.29 is 14.7 Å². The summed E-state index contributed by atoms with van der Waals surface area (Å²) >= 11 is 4.89. The summed E-state index contributed by atoms with van der Waals surface area (Å²) in [7, 11) is 0. The normalized spacial score (nSPS) is 15.5. The van der Waals surface area contributed by atoms with Crippen molar-refractivity contribution in [3.05, 3.63) is 12.7 Å². The molecule has 0 aromatic rings. The molecule has 0 saturated carbocycles. The number of rotatable bonds is 3. The van der Waals surface area contributed by atoms with E-state index >= 15 is 0 Å². The van der Waals surface area contributed by atoms with E-state index < -0.39 is 16.6 Å². The summed E-state index contributed by atoms with van der Waals surface area (Å²) in [5.41, 5.74) is -2.12. The standard InChI is InChI=1S/C6H7ClO3/c1-3-4(8)6(2,10)5(7)9/h3,10H,1H2,2H3. The Kier molecular flexibility index (Phi) is 2.75. The van der Waals surface area contributed by atoms with Crippen molar-refractivity contribution in [1.82, 2.24) is 0 Å². The molecular formula is C6H7ClO3. The molecule has 3 nitrogen and oxygen atoms in total. The molecule has 0 rings (SSSR count). The first-order chi connectivity index (χ1) is 4.42. The van der Waals surface area contributed by atoms with E-state index in [4.69, 9.17) is 16.7 Å². The zero-order chi connectivity index (χ0) is 8.36. The van der Waals surface area contributed by atoms with Gasteiger partial charge in [0.05, 0.1) is 0 Å². The molecule has 1 atom stereocenters. The lowest BCUT2D eigenvalue weighted by Crippen LogP contribution is -2.39. The van der Waals surface area contributed by atoms with E-state index in [1.165, 1.54) is 0 Å². The third-order valence-corrected chi connectivity index (χ3v) is 1.42. The van der Waals surface area contributed by atoms with Crippen LogP contribution in [0.4, 0.5) is 0 Å². The monoisotopic (exact) mass is 162 g/mol. The Morgan fingerprint density at radius 3 is 2.20 bits per heavy atom. The minimum Gasteiger partial charge on any atom is -0.373 e. The lowest BCUT2D eigenvalue weighted by Gasteiger charge is -2.12. The van der Waals surface area contributed by atoms with Crippen molar-refractivity contribution in [1.29, 1.82) is 0 Å². The molecule has 0 heterocycles. The van der Waals surface area contributed by atoms with Gasteiger partial charge < -0.3 is 5.11 Å². The molecule has 0 radical (unpaired) electrons. The number of carbonyl (C=O) groups is 2. The first-order valence-corrected chi connectivity index (χ1v) is 2.90. The molecule has 1 N–H and O–H groups in total. The SMILES string of the molecule is C=CC(=O)C(C)(O)C(=O)Cl. The molecule has 0 bridgehead atoms. The van der Waals surface area contributed by atoms with Crippen LogP contribution in [0.1, 0.15) is 6.92 Å². The van der Waals surface area contributed by atoms with Crippen molar-refractivity contribution in [2.45, 2.75) is 12.5 Å². The number of hydrogen-bond donors (Lipinski definition) is 1. The maximum Gasteiger partial charge on any atom is 0.261 e. The number of carbonyl (C=O) groups excluding carboxylic acids is 2. The maximum absolute atomic E-state index is 10.6. The Morgan fingerprint density at radius 2 is 2.10 bits per heavy atom. The quantitative estimate of drug-likeness (QED) is 0.368. The zero-order valence-corrected chi connectivity index (χ0v) is 6.18. The van der Waals surface area contributed by atoms with Gasteiger partial charge in [-0.2, -0.15) is 0 Å². The molecule has 1 unspecified atom stereocenters. The molecule has 0 aliphatic heterocycles. The maximum atomic E-state index is 10.6. The molecule has 0 fully saturated rings. The van der Waals surface area contributed by atoms with E-state index in [1.54, 1.807) is 0 Å². The fraction of sp³-hybridized carbons (Fsp3) is 0.333. The third-order valence-electron chi connectivity index (χ3n) is 1.05. The van der Waals surface area contributed by atoms with Crippen molar-refractivity contribution in [2.75, 3.05) is 0 Å². The third kappa shape index (κ3) is 1.65. The molecule has 0 saturated heterocycles. The van der Waals surface area contributed by atoms with E-state index in [0.29, 0.717) is 0 Å². The van der Waals surface area contributed by atoms with Crippen molar-refractivity contribution in [3.63, 3.8) is 0 Å². The van der Waals surface area contributed by atoms with Crippen LogP contribution in [0.2, 0.25) is 0 Å². The van der Waals surface area contributed by atoms with Gasteiger partial charge in [-0.15, -0.1) is 0 Å². The highest BCUT2D eigenvalue weighted by molar-refractivity contribution is 6.67. The predicted molar refractivity (Wildman–Crippen MR) is 36.7 cm³/mol. The highest BCUT2D eigenvalue weighted by atomic mass is 35.5. The van der Waals surface area contributed by atoms with Crippen LogP contribution in [-0.2, 0) is 9.59 Å². The van der Waals surface area contributed by atoms with Gasteiger partial charge in [-0.05, 0) is 24.6 Å². The molecule has 0 aromatic heterocycles. The van der Waals surface area contributed by atoms with E-state index in [-0.39, 0.29) is 0 Å². The molecule has 4 heteroatoms. The molecule has 0 spiro atoms. The second kappa shape index (κ2) is 2.94. The summed E-state index contributed by atoms with van der Waals surface area (Å²) in [5.74, 6) is -0.799. The second-order valence-corrected chi connectivity index (χ2v) is 2.26. The first-order valence-electron chi connectivity index (χ1n) is 2.52. The molecule has 0 aliphatic rings. The minimum absolute atomic E-state index is 0.799. The summed E-state index contributed by atoms with van der Waals surface area (Å²) < 4.78 is 0. The summed E-state index contributed by atoms with van der Waals surface area (Å²) in [5, 5.41) is 7.86. The fourth-order valence-electron chi connectivity index (χ4n) is 0.296. The summed E-state index contributed by atoms with van der Waals surface area (Å²) in [6, 6.07) is 0. The Labute approximate surface area is 63.3 Å². The van der Waals surface area contributed by atoms with Gasteiger partial charge in [0, 0.05) is 0 Å². The van der Waals surface area contributed by atoms with Crippen LogP contribution in [0.5, 0.6) is 0 Å². The van der Waals surface area contributed by atoms with Crippen LogP contribution in [0, 0.1) is 0 Å². The van der Waals surface area contributed by atoms with E-state index in [9.17, 15) is 9.59 Å². The van der Waals surface area contributed by atoms with Crippen LogP contribution >= 0.6 is 11.6 Å². The predicted octanol–water partition coefficient (Wildman–Crippen LogP) is 0.258. The van der Waals surface area contributed by atoms with Gasteiger partial charge in [-0.1, -0.05) is 6.58 Å². The summed E-state index contributed by atoms with van der Waals surface area (Å²) in [6.45, 7) is 4.11. The highest BCUT2D eigenvalue weighted by Crippen LogP contribution is 2.09. The molecule has 0 amide bonds.